The van der Waals surface area contributed by atoms with Crippen LogP contribution in [0.15, 0.2) is 70.0 Å². The third-order valence-corrected chi connectivity index (χ3v) is 5.17. The van der Waals surface area contributed by atoms with E-state index >= 15 is 0 Å². The van der Waals surface area contributed by atoms with Crippen molar-refractivity contribution >= 4 is 21.6 Å². The Labute approximate surface area is 157 Å². The summed E-state index contributed by atoms with van der Waals surface area (Å²) in [5.74, 6) is 1.69. The molecule has 4 N–H and O–H groups in total. The normalized spacial score (nSPS) is 11.6. The van der Waals surface area contributed by atoms with E-state index in [1.807, 2.05) is 36.4 Å². The second kappa shape index (κ2) is 8.05. The van der Waals surface area contributed by atoms with Crippen molar-refractivity contribution in [3.63, 3.8) is 0 Å². The number of rotatable bonds is 7. The van der Waals surface area contributed by atoms with Gasteiger partial charge in [0, 0.05) is 17.0 Å². The van der Waals surface area contributed by atoms with E-state index in [0.717, 1.165) is 42.2 Å². The first kappa shape index (κ1) is 18.7. The van der Waals surface area contributed by atoms with E-state index in [-0.39, 0.29) is 4.90 Å². The van der Waals surface area contributed by atoms with Crippen LogP contribution in [0.1, 0.15) is 11.3 Å². The lowest BCUT2D eigenvalue weighted by Crippen LogP contribution is -2.83. The summed E-state index contributed by atoms with van der Waals surface area (Å²) in [7, 11) is -3.63. The van der Waals surface area contributed by atoms with E-state index in [9.17, 15) is 8.42 Å². The number of benzene rings is 2. The Morgan fingerprint density at radius 3 is 2.50 bits per heavy atom. The molecule has 1 heterocycles. The SMILES string of the molecule is NS(=O)(=O)c1ccc(CC[NH2+]Cc2ccc(-c3cccc(Cl)c3)o2)cc1. The van der Waals surface area contributed by atoms with E-state index in [1.165, 1.54) is 12.1 Å². The number of quaternary nitrogens is 1. The molecule has 0 aliphatic heterocycles. The van der Waals surface area contributed by atoms with Crippen LogP contribution >= 0.6 is 11.6 Å². The van der Waals surface area contributed by atoms with Crippen molar-refractivity contribution in [1.29, 1.82) is 0 Å². The molecule has 136 valence electrons. The maximum atomic E-state index is 11.2. The van der Waals surface area contributed by atoms with Gasteiger partial charge in [0.15, 0.2) is 5.76 Å². The first-order valence-electron chi connectivity index (χ1n) is 8.20. The molecule has 0 radical (unpaired) electrons. The van der Waals surface area contributed by atoms with Crippen LogP contribution in [0.25, 0.3) is 11.3 Å². The Bertz CT molecular complexity index is 982. The predicted octanol–water partition coefficient (Wildman–Crippen LogP) is 2.55. The quantitative estimate of drug-likeness (QED) is 0.606. The summed E-state index contributed by atoms with van der Waals surface area (Å²) in [5, 5.41) is 7.92. The summed E-state index contributed by atoms with van der Waals surface area (Å²) in [4.78, 5) is 0.134. The third-order valence-electron chi connectivity index (χ3n) is 4.01. The molecule has 0 saturated carbocycles. The second-order valence-electron chi connectivity index (χ2n) is 6.00. The molecule has 0 atom stereocenters. The van der Waals surface area contributed by atoms with Crippen LogP contribution in [-0.2, 0) is 23.0 Å². The number of hydrogen-bond donors (Lipinski definition) is 2. The molecule has 0 aliphatic carbocycles. The van der Waals surface area contributed by atoms with Crippen molar-refractivity contribution in [2.75, 3.05) is 6.54 Å². The average molecular weight is 392 g/mol. The van der Waals surface area contributed by atoms with E-state index in [1.54, 1.807) is 12.1 Å². The lowest BCUT2D eigenvalue weighted by atomic mass is 10.1. The molecule has 3 aromatic rings. The Morgan fingerprint density at radius 1 is 1.04 bits per heavy atom. The molecule has 1 aromatic heterocycles. The third kappa shape index (κ3) is 4.95. The van der Waals surface area contributed by atoms with Crippen LogP contribution in [0.2, 0.25) is 5.02 Å². The number of nitrogens with two attached hydrogens (primary N) is 2. The van der Waals surface area contributed by atoms with E-state index in [2.05, 4.69) is 5.32 Å². The van der Waals surface area contributed by atoms with Gasteiger partial charge in [0.2, 0.25) is 10.0 Å². The van der Waals surface area contributed by atoms with Gasteiger partial charge in [0.05, 0.1) is 11.4 Å². The zero-order valence-electron chi connectivity index (χ0n) is 14.1. The number of hydrogen-bond acceptors (Lipinski definition) is 3. The monoisotopic (exact) mass is 391 g/mol. The van der Waals surface area contributed by atoms with Gasteiger partial charge in [-0.25, -0.2) is 13.6 Å². The molecule has 0 bridgehead atoms. The molecule has 0 fully saturated rings. The van der Waals surface area contributed by atoms with Crippen molar-refractivity contribution in [3.8, 4) is 11.3 Å². The van der Waals surface area contributed by atoms with Gasteiger partial charge >= 0.3 is 0 Å². The number of furan rings is 1. The Morgan fingerprint density at radius 2 is 1.81 bits per heavy atom. The van der Waals surface area contributed by atoms with E-state index < -0.39 is 10.0 Å². The molecule has 3 rings (SSSR count). The minimum Gasteiger partial charge on any atom is -0.455 e. The molecular weight excluding hydrogens is 372 g/mol. The summed E-state index contributed by atoms with van der Waals surface area (Å²) in [6.07, 6.45) is 0.826. The van der Waals surface area contributed by atoms with Gasteiger partial charge in [-0.1, -0.05) is 35.9 Å². The molecule has 0 aliphatic rings. The first-order valence-corrected chi connectivity index (χ1v) is 10.1. The van der Waals surface area contributed by atoms with Crippen LogP contribution in [-0.4, -0.2) is 15.0 Å². The summed E-state index contributed by atoms with van der Waals surface area (Å²) in [6.45, 7) is 1.59. The van der Waals surface area contributed by atoms with Crippen LogP contribution in [0.5, 0.6) is 0 Å². The van der Waals surface area contributed by atoms with Crippen molar-refractivity contribution < 1.29 is 18.2 Å². The highest BCUT2D eigenvalue weighted by atomic mass is 35.5. The number of halogens is 1. The van der Waals surface area contributed by atoms with Gasteiger partial charge < -0.3 is 9.73 Å². The molecule has 7 heteroatoms. The van der Waals surface area contributed by atoms with Crippen molar-refractivity contribution in [2.45, 2.75) is 17.9 Å². The number of sulfonamides is 1. The minimum absolute atomic E-state index is 0.134. The largest absolute Gasteiger partial charge is 0.455 e. The van der Waals surface area contributed by atoms with E-state index in [0.29, 0.717) is 5.02 Å². The highest BCUT2D eigenvalue weighted by Crippen LogP contribution is 2.24. The highest BCUT2D eigenvalue weighted by Gasteiger charge is 2.08. The van der Waals surface area contributed by atoms with Crippen LogP contribution in [0, 0.1) is 0 Å². The standard InChI is InChI=1S/C19H19ClN2O3S/c20-16-3-1-2-15(12-16)19-9-6-17(25-19)13-22-11-10-14-4-7-18(8-5-14)26(21,23)24/h1-9,12,22H,10-11,13H2,(H2,21,23,24)/p+1. The molecule has 26 heavy (non-hydrogen) atoms. The fourth-order valence-electron chi connectivity index (χ4n) is 2.64. The van der Waals surface area contributed by atoms with Crippen LogP contribution in [0.3, 0.4) is 0 Å². The fourth-order valence-corrected chi connectivity index (χ4v) is 3.35. The molecule has 0 spiro atoms. The summed E-state index contributed by atoms with van der Waals surface area (Å²) >= 11 is 6.01. The van der Waals surface area contributed by atoms with Crippen molar-refractivity contribution in [1.82, 2.24) is 0 Å². The lowest BCUT2D eigenvalue weighted by molar-refractivity contribution is -0.671. The molecule has 2 aromatic carbocycles. The molecule has 0 saturated heterocycles. The van der Waals surface area contributed by atoms with Gasteiger partial charge in [-0.2, -0.15) is 0 Å². The lowest BCUT2D eigenvalue weighted by Gasteiger charge is -2.03. The smallest absolute Gasteiger partial charge is 0.238 e. The van der Waals surface area contributed by atoms with Crippen molar-refractivity contribution in [2.24, 2.45) is 5.14 Å². The maximum Gasteiger partial charge on any atom is 0.238 e. The van der Waals surface area contributed by atoms with Gasteiger partial charge in [-0.05, 0) is 42.0 Å². The van der Waals surface area contributed by atoms with Crippen LogP contribution < -0.4 is 10.5 Å². The molecule has 0 unspecified atom stereocenters. The van der Waals surface area contributed by atoms with Gasteiger partial charge in [-0.15, -0.1) is 0 Å². The van der Waals surface area contributed by atoms with Gasteiger partial charge in [0.25, 0.3) is 0 Å². The topological polar surface area (TPSA) is 89.9 Å². The Balaban J connectivity index is 1.50. The first-order chi connectivity index (χ1) is 12.4. The number of primary sulfonamides is 1. The maximum absolute atomic E-state index is 11.2. The van der Waals surface area contributed by atoms with Crippen molar-refractivity contribution in [3.05, 3.63) is 77.0 Å². The van der Waals surface area contributed by atoms with Gasteiger partial charge in [0.1, 0.15) is 12.3 Å². The summed E-state index contributed by atoms with van der Waals surface area (Å²) in [6, 6.07) is 18.1. The molecular formula is C19H20ClN2O3S+. The van der Waals surface area contributed by atoms with E-state index in [4.69, 9.17) is 21.2 Å². The zero-order valence-corrected chi connectivity index (χ0v) is 15.6. The second-order valence-corrected chi connectivity index (χ2v) is 7.99. The molecule has 0 amide bonds. The Kier molecular flexibility index (Phi) is 5.78. The zero-order chi connectivity index (χ0) is 18.6. The fraction of sp³-hybridized carbons (Fsp3) is 0.158. The molecule has 5 nitrogen and oxygen atoms in total. The van der Waals surface area contributed by atoms with Gasteiger partial charge in [-0.3, -0.25) is 0 Å². The average Bonchev–Trinajstić information content (AvgIpc) is 3.07. The summed E-state index contributed by atoms with van der Waals surface area (Å²) in [5.41, 5.74) is 2.02. The Hall–Kier alpha value is -2.12. The van der Waals surface area contributed by atoms with Crippen LogP contribution in [0.4, 0.5) is 0 Å². The summed E-state index contributed by atoms with van der Waals surface area (Å²) < 4.78 is 28.3. The minimum atomic E-state index is -3.63. The highest BCUT2D eigenvalue weighted by molar-refractivity contribution is 7.89. The predicted molar refractivity (Wildman–Crippen MR) is 101 cm³/mol.